The number of primary amides is 1. The van der Waals surface area contributed by atoms with Crippen molar-refractivity contribution in [3.63, 3.8) is 0 Å². The molecule has 0 saturated carbocycles. The molecule has 7 heteroatoms. The molecule has 1 aromatic heterocycles. The Bertz CT molecular complexity index is 797. The van der Waals surface area contributed by atoms with Gasteiger partial charge in [0.2, 0.25) is 0 Å². The Balaban J connectivity index is 1.62. The number of nitrogens with two attached hydrogens (primary N) is 1. The van der Waals surface area contributed by atoms with E-state index in [0.717, 1.165) is 47.8 Å². The summed E-state index contributed by atoms with van der Waals surface area (Å²) in [6, 6.07) is 9.09. The maximum absolute atomic E-state index is 12.3. The molecule has 1 aliphatic heterocycles. The van der Waals surface area contributed by atoms with E-state index in [1.807, 2.05) is 25.1 Å². The molecular weight excluding hydrogens is 352 g/mol. The van der Waals surface area contributed by atoms with Crippen LogP contribution in [0.2, 0.25) is 0 Å². The molecule has 2 aromatic rings. The molecule has 0 radical (unpaired) electrons. The zero-order chi connectivity index (χ0) is 18.5. The molecular formula is C19H22N2O4S. The van der Waals surface area contributed by atoms with Crippen molar-refractivity contribution in [2.24, 2.45) is 11.7 Å². The van der Waals surface area contributed by atoms with E-state index in [2.05, 4.69) is 5.32 Å². The van der Waals surface area contributed by atoms with E-state index in [0.29, 0.717) is 28.8 Å². The molecule has 2 amide bonds. The topological polar surface area (TPSA) is 90.7 Å². The summed E-state index contributed by atoms with van der Waals surface area (Å²) in [6.45, 7) is 4.49. The number of rotatable bonds is 7. The molecule has 1 fully saturated rings. The normalized spacial score (nSPS) is 16.4. The number of aryl methyl sites for hydroxylation is 1. The van der Waals surface area contributed by atoms with Crippen molar-refractivity contribution in [2.45, 2.75) is 19.9 Å². The van der Waals surface area contributed by atoms with Crippen LogP contribution in [0.3, 0.4) is 0 Å². The summed E-state index contributed by atoms with van der Waals surface area (Å²) in [7, 11) is 0. The predicted molar refractivity (Wildman–Crippen MR) is 99.6 cm³/mol. The first kappa shape index (κ1) is 18.4. The van der Waals surface area contributed by atoms with Gasteiger partial charge in [0.25, 0.3) is 11.8 Å². The molecule has 1 aromatic carbocycles. The summed E-state index contributed by atoms with van der Waals surface area (Å²) in [4.78, 5) is 24.3. The molecule has 3 rings (SSSR count). The molecule has 6 nitrogen and oxygen atoms in total. The summed E-state index contributed by atoms with van der Waals surface area (Å²) in [5.74, 6) is 0.426. The van der Waals surface area contributed by atoms with Crippen molar-refractivity contribution >= 4 is 23.2 Å². The number of ether oxygens (including phenoxy) is 2. The van der Waals surface area contributed by atoms with Crippen LogP contribution >= 0.6 is 11.3 Å². The molecule has 138 valence electrons. The fourth-order valence-corrected chi connectivity index (χ4v) is 3.49. The Labute approximate surface area is 156 Å². The third-order valence-corrected chi connectivity index (χ3v) is 5.33. The largest absolute Gasteiger partial charge is 0.493 e. The summed E-state index contributed by atoms with van der Waals surface area (Å²) in [6.07, 6.45) is 1.01. The highest BCUT2D eigenvalue weighted by Gasteiger charge is 2.17. The van der Waals surface area contributed by atoms with Crippen LogP contribution in [0.15, 0.2) is 30.3 Å². The van der Waals surface area contributed by atoms with Gasteiger partial charge in [-0.2, -0.15) is 0 Å². The van der Waals surface area contributed by atoms with Crippen LogP contribution in [-0.2, 0) is 11.3 Å². The van der Waals surface area contributed by atoms with Crippen molar-refractivity contribution in [3.8, 4) is 5.75 Å². The summed E-state index contributed by atoms with van der Waals surface area (Å²) < 4.78 is 11.4. The second-order valence-electron chi connectivity index (χ2n) is 6.36. The molecule has 1 aliphatic rings. The SMILES string of the molecule is Cc1ccc(CNC(=O)c2ccc(C(N)=O)s2)c(OCC2CCOC2)c1. The summed E-state index contributed by atoms with van der Waals surface area (Å²) in [5.41, 5.74) is 7.24. The van der Waals surface area contributed by atoms with Crippen LogP contribution in [0.5, 0.6) is 5.75 Å². The molecule has 0 spiro atoms. The van der Waals surface area contributed by atoms with Gasteiger partial charge in [0.1, 0.15) is 5.75 Å². The number of nitrogens with one attached hydrogen (secondary N) is 1. The summed E-state index contributed by atoms with van der Waals surface area (Å²) >= 11 is 1.09. The number of hydrogen-bond acceptors (Lipinski definition) is 5. The number of benzene rings is 1. The minimum atomic E-state index is -0.529. The Morgan fingerprint density at radius 1 is 1.31 bits per heavy atom. The molecule has 1 atom stereocenters. The lowest BCUT2D eigenvalue weighted by atomic mass is 10.1. The lowest BCUT2D eigenvalue weighted by molar-refractivity contribution is 0.0953. The number of hydrogen-bond donors (Lipinski definition) is 2. The smallest absolute Gasteiger partial charge is 0.261 e. The van der Waals surface area contributed by atoms with Crippen molar-refractivity contribution in [2.75, 3.05) is 19.8 Å². The van der Waals surface area contributed by atoms with Gasteiger partial charge in [0, 0.05) is 24.6 Å². The van der Waals surface area contributed by atoms with E-state index in [1.165, 1.54) is 0 Å². The van der Waals surface area contributed by atoms with E-state index in [1.54, 1.807) is 12.1 Å². The lowest BCUT2D eigenvalue weighted by Crippen LogP contribution is -2.22. The van der Waals surface area contributed by atoms with Gasteiger partial charge in [-0.15, -0.1) is 11.3 Å². The number of thiophene rings is 1. The fraction of sp³-hybridized carbons (Fsp3) is 0.368. The first-order valence-corrected chi connectivity index (χ1v) is 9.32. The first-order valence-electron chi connectivity index (χ1n) is 8.51. The van der Waals surface area contributed by atoms with Crippen LogP contribution in [0.25, 0.3) is 0 Å². The quantitative estimate of drug-likeness (QED) is 0.779. The number of carbonyl (C=O) groups is 2. The van der Waals surface area contributed by atoms with Crippen molar-refractivity contribution in [3.05, 3.63) is 51.2 Å². The predicted octanol–water partition coefficient (Wildman–Crippen LogP) is 2.50. The maximum atomic E-state index is 12.3. The number of carbonyl (C=O) groups excluding carboxylic acids is 2. The second kappa shape index (κ2) is 8.33. The maximum Gasteiger partial charge on any atom is 0.261 e. The van der Waals surface area contributed by atoms with Crippen LogP contribution < -0.4 is 15.8 Å². The molecule has 2 heterocycles. The highest BCUT2D eigenvalue weighted by atomic mass is 32.1. The zero-order valence-corrected chi connectivity index (χ0v) is 15.4. The van der Waals surface area contributed by atoms with Gasteiger partial charge in [-0.3, -0.25) is 9.59 Å². The van der Waals surface area contributed by atoms with Gasteiger partial charge in [0.15, 0.2) is 0 Å². The van der Waals surface area contributed by atoms with Crippen molar-refractivity contribution < 1.29 is 19.1 Å². The van der Waals surface area contributed by atoms with Gasteiger partial charge < -0.3 is 20.5 Å². The minimum absolute atomic E-state index is 0.238. The van der Waals surface area contributed by atoms with E-state index in [9.17, 15) is 9.59 Å². The van der Waals surface area contributed by atoms with Crippen LogP contribution in [0.4, 0.5) is 0 Å². The Hall–Kier alpha value is -2.38. The Kier molecular flexibility index (Phi) is 5.90. The monoisotopic (exact) mass is 374 g/mol. The Morgan fingerprint density at radius 2 is 2.12 bits per heavy atom. The van der Waals surface area contributed by atoms with Crippen LogP contribution in [0.1, 0.15) is 36.9 Å². The molecule has 3 N–H and O–H groups in total. The van der Waals surface area contributed by atoms with Crippen molar-refractivity contribution in [1.29, 1.82) is 0 Å². The third kappa shape index (κ3) is 4.62. The van der Waals surface area contributed by atoms with Gasteiger partial charge in [0.05, 0.1) is 23.0 Å². The van der Waals surface area contributed by atoms with E-state index in [-0.39, 0.29) is 5.91 Å². The van der Waals surface area contributed by atoms with Gasteiger partial charge >= 0.3 is 0 Å². The van der Waals surface area contributed by atoms with Crippen LogP contribution in [0, 0.1) is 12.8 Å². The van der Waals surface area contributed by atoms with Gasteiger partial charge in [-0.25, -0.2) is 0 Å². The molecule has 0 bridgehead atoms. The number of amides is 2. The molecule has 26 heavy (non-hydrogen) atoms. The van der Waals surface area contributed by atoms with Gasteiger partial charge in [-0.1, -0.05) is 12.1 Å². The standard InChI is InChI=1S/C19H22N2O4S/c1-12-2-3-14(15(8-12)25-11-13-6-7-24-10-13)9-21-19(23)17-5-4-16(26-17)18(20)22/h2-5,8,13H,6-7,9-11H2,1H3,(H2,20,22)(H,21,23). The molecule has 0 aliphatic carbocycles. The first-order chi connectivity index (χ1) is 12.5. The van der Waals surface area contributed by atoms with E-state index < -0.39 is 5.91 Å². The minimum Gasteiger partial charge on any atom is -0.493 e. The second-order valence-corrected chi connectivity index (χ2v) is 7.45. The van der Waals surface area contributed by atoms with Gasteiger partial charge in [-0.05, 0) is 37.1 Å². The highest BCUT2D eigenvalue weighted by Crippen LogP contribution is 2.23. The van der Waals surface area contributed by atoms with Crippen LogP contribution in [-0.4, -0.2) is 31.6 Å². The molecule has 1 unspecified atom stereocenters. The Morgan fingerprint density at radius 3 is 2.81 bits per heavy atom. The summed E-state index contributed by atoms with van der Waals surface area (Å²) in [5, 5.41) is 2.87. The van der Waals surface area contributed by atoms with Crippen molar-refractivity contribution in [1.82, 2.24) is 5.32 Å². The highest BCUT2D eigenvalue weighted by molar-refractivity contribution is 7.15. The molecule has 1 saturated heterocycles. The van der Waals surface area contributed by atoms with E-state index in [4.69, 9.17) is 15.2 Å². The third-order valence-electron chi connectivity index (χ3n) is 4.23. The average molecular weight is 374 g/mol. The average Bonchev–Trinajstić information content (AvgIpc) is 3.30. The van der Waals surface area contributed by atoms with E-state index >= 15 is 0 Å². The zero-order valence-electron chi connectivity index (χ0n) is 14.6. The lowest BCUT2D eigenvalue weighted by Gasteiger charge is -2.15. The fourth-order valence-electron chi connectivity index (χ4n) is 2.72.